The van der Waals surface area contributed by atoms with Crippen LogP contribution in [0.3, 0.4) is 0 Å². The number of carboxylic acid groups (broad SMARTS) is 1. The number of pyridine rings is 1. The van der Waals surface area contributed by atoms with Crippen molar-refractivity contribution in [1.29, 1.82) is 0 Å². The van der Waals surface area contributed by atoms with Crippen molar-refractivity contribution in [2.24, 2.45) is 5.92 Å². The average molecular weight is 608 g/mol. The van der Waals surface area contributed by atoms with E-state index >= 15 is 4.39 Å². The van der Waals surface area contributed by atoms with Gasteiger partial charge in [-0.05, 0) is 57.4 Å². The molecule has 1 saturated heterocycles. The van der Waals surface area contributed by atoms with E-state index in [2.05, 4.69) is 15.2 Å². The van der Waals surface area contributed by atoms with Gasteiger partial charge in [-0.2, -0.15) is 13.2 Å². The summed E-state index contributed by atoms with van der Waals surface area (Å²) in [5.74, 6) is -1.55. The van der Waals surface area contributed by atoms with E-state index in [1.54, 1.807) is 6.08 Å². The van der Waals surface area contributed by atoms with Gasteiger partial charge in [0.1, 0.15) is 5.82 Å². The number of benzene rings is 1. The van der Waals surface area contributed by atoms with Gasteiger partial charge in [0.2, 0.25) is 5.56 Å². The fourth-order valence-electron chi connectivity index (χ4n) is 5.82. The second-order valence-electron chi connectivity index (χ2n) is 11.9. The Labute approximate surface area is 247 Å². The zero-order chi connectivity index (χ0) is 31.8. The fourth-order valence-corrected chi connectivity index (χ4v) is 5.82. The molecule has 9 nitrogen and oxygen atoms in total. The summed E-state index contributed by atoms with van der Waals surface area (Å²) in [6.45, 7) is 8.78. The number of aromatic nitrogens is 1. The van der Waals surface area contributed by atoms with Gasteiger partial charge in [-0.3, -0.25) is 14.5 Å². The van der Waals surface area contributed by atoms with Gasteiger partial charge < -0.3 is 25.2 Å². The van der Waals surface area contributed by atoms with Crippen molar-refractivity contribution < 1.29 is 32.3 Å². The van der Waals surface area contributed by atoms with Crippen molar-refractivity contribution in [1.82, 2.24) is 14.8 Å². The van der Waals surface area contributed by atoms with Crippen molar-refractivity contribution in [3.05, 3.63) is 63.3 Å². The number of carbonyl (C=O) groups excluding carboxylic acids is 1. The molecular formula is C30H37F4N5O4. The molecule has 3 heterocycles. The molecule has 2 aliphatic heterocycles. The molecule has 3 atom stereocenters. The number of rotatable bonds is 6. The summed E-state index contributed by atoms with van der Waals surface area (Å²) >= 11 is 0. The molecule has 0 spiro atoms. The van der Waals surface area contributed by atoms with Gasteiger partial charge >= 0.3 is 12.3 Å². The van der Waals surface area contributed by atoms with E-state index < -0.39 is 40.7 Å². The number of hydrogen-bond acceptors (Lipinski definition) is 5. The Hall–Kier alpha value is -3.87. The Bertz CT molecular complexity index is 1460. The highest BCUT2D eigenvalue weighted by atomic mass is 19.4. The number of piperazine rings is 1. The summed E-state index contributed by atoms with van der Waals surface area (Å²) in [7, 11) is 1.96. The summed E-state index contributed by atoms with van der Waals surface area (Å²) in [5, 5.41) is 12.4. The minimum atomic E-state index is -4.97. The van der Waals surface area contributed by atoms with Crippen molar-refractivity contribution in [2.45, 2.75) is 64.8 Å². The van der Waals surface area contributed by atoms with E-state index in [1.165, 1.54) is 17.0 Å². The summed E-state index contributed by atoms with van der Waals surface area (Å²) in [5.41, 5.74) is -2.43. The molecule has 0 bridgehead atoms. The third kappa shape index (κ3) is 7.03. The Kier molecular flexibility index (Phi) is 9.24. The number of likely N-dealkylation sites (N-methyl/N-ethyl adjacent to an activating group) is 1. The van der Waals surface area contributed by atoms with Gasteiger partial charge in [-0.15, -0.1) is 0 Å². The number of halogens is 4. The number of aromatic amines is 1. The van der Waals surface area contributed by atoms with E-state index in [1.807, 2.05) is 39.6 Å². The highest BCUT2D eigenvalue weighted by Gasteiger charge is 2.37. The average Bonchev–Trinajstić information content (AvgIpc) is 2.91. The van der Waals surface area contributed by atoms with Gasteiger partial charge in [0, 0.05) is 55.6 Å². The number of hydrogen-bond donors (Lipinski definition) is 3. The third-order valence-electron chi connectivity index (χ3n) is 8.26. The van der Waals surface area contributed by atoms with Gasteiger partial charge in [0.05, 0.1) is 22.5 Å². The number of carbonyl (C=O) groups is 2. The van der Waals surface area contributed by atoms with Crippen LogP contribution in [0.2, 0.25) is 0 Å². The number of amides is 2. The van der Waals surface area contributed by atoms with Crippen LogP contribution in [0.1, 0.15) is 62.0 Å². The van der Waals surface area contributed by atoms with E-state index in [0.717, 1.165) is 0 Å². The second kappa shape index (κ2) is 12.4. The zero-order valence-electron chi connectivity index (χ0n) is 24.8. The Morgan fingerprint density at radius 1 is 1.14 bits per heavy atom. The first-order valence-corrected chi connectivity index (χ1v) is 14.2. The molecule has 13 heteroatoms. The van der Waals surface area contributed by atoms with Crippen molar-refractivity contribution in [2.75, 3.05) is 36.9 Å². The lowest BCUT2D eigenvalue weighted by atomic mass is 9.92. The molecule has 4 rings (SSSR count). The van der Waals surface area contributed by atoms with Crippen LogP contribution in [-0.2, 0) is 6.18 Å². The maximum atomic E-state index is 15.9. The van der Waals surface area contributed by atoms with Crippen LogP contribution in [0.4, 0.5) is 33.7 Å². The number of H-pyrrole nitrogens is 1. The van der Waals surface area contributed by atoms with Crippen molar-refractivity contribution >= 4 is 28.9 Å². The van der Waals surface area contributed by atoms with Crippen LogP contribution >= 0.6 is 0 Å². The highest BCUT2D eigenvalue weighted by Crippen LogP contribution is 2.37. The molecule has 234 valence electrons. The van der Waals surface area contributed by atoms with E-state index in [9.17, 15) is 32.7 Å². The largest absolute Gasteiger partial charge is 0.465 e. The predicted molar refractivity (Wildman–Crippen MR) is 156 cm³/mol. The molecule has 1 unspecified atom stereocenters. The van der Waals surface area contributed by atoms with Gasteiger partial charge in [-0.25, -0.2) is 9.18 Å². The van der Waals surface area contributed by atoms with Crippen LogP contribution in [0.5, 0.6) is 0 Å². The van der Waals surface area contributed by atoms with Gasteiger partial charge in [0.15, 0.2) is 0 Å². The molecule has 43 heavy (non-hydrogen) atoms. The summed E-state index contributed by atoms with van der Waals surface area (Å²) in [6, 6.07) is 2.72. The quantitative estimate of drug-likeness (QED) is 0.375. The third-order valence-corrected chi connectivity index (χ3v) is 8.26. The maximum Gasteiger partial charge on any atom is 0.417 e. The van der Waals surface area contributed by atoms with Crippen molar-refractivity contribution in [3.63, 3.8) is 0 Å². The molecule has 1 fully saturated rings. The SMILES string of the molecule is CC(C)CC1CC=C(c2cc(NC(=O)c3c[nH]c(=O)cc3C(F)(F)F)c(N3C[C@@H](C)N(C)[C@@H](C)C3)cc2F)CN1C(=O)O. The maximum absolute atomic E-state index is 15.9. The lowest BCUT2D eigenvalue weighted by Gasteiger charge is -2.44. The van der Waals surface area contributed by atoms with E-state index in [0.29, 0.717) is 43.8 Å². The Morgan fingerprint density at radius 2 is 1.79 bits per heavy atom. The molecule has 2 aromatic rings. The Morgan fingerprint density at radius 3 is 2.37 bits per heavy atom. The van der Waals surface area contributed by atoms with Gasteiger partial charge in [-0.1, -0.05) is 19.9 Å². The minimum Gasteiger partial charge on any atom is -0.465 e. The van der Waals surface area contributed by atoms with Crippen LogP contribution in [0.25, 0.3) is 5.57 Å². The van der Waals surface area contributed by atoms with Crippen LogP contribution < -0.4 is 15.8 Å². The first kappa shape index (κ1) is 32.1. The Balaban J connectivity index is 1.79. The summed E-state index contributed by atoms with van der Waals surface area (Å²) in [4.78, 5) is 44.4. The van der Waals surface area contributed by atoms with Crippen LogP contribution in [0, 0.1) is 11.7 Å². The monoisotopic (exact) mass is 607 g/mol. The number of nitrogens with zero attached hydrogens (tertiary/aromatic N) is 3. The molecular weight excluding hydrogens is 570 g/mol. The second-order valence-corrected chi connectivity index (χ2v) is 11.9. The normalized spacial score (nSPS) is 21.6. The number of anilines is 2. The summed E-state index contributed by atoms with van der Waals surface area (Å²) < 4.78 is 57.1. The number of nitrogens with one attached hydrogen (secondary N) is 2. The minimum absolute atomic E-state index is 0.0426. The lowest BCUT2D eigenvalue weighted by molar-refractivity contribution is -0.138. The summed E-state index contributed by atoms with van der Waals surface area (Å²) in [6.07, 6.45) is -2.64. The van der Waals surface area contributed by atoms with Crippen LogP contribution in [-0.4, -0.2) is 76.7 Å². The molecule has 0 aliphatic carbocycles. The molecule has 2 amide bonds. The van der Waals surface area contributed by atoms with E-state index in [4.69, 9.17) is 0 Å². The van der Waals surface area contributed by atoms with E-state index in [-0.39, 0.29) is 47.5 Å². The molecule has 3 N–H and O–H groups in total. The topological polar surface area (TPSA) is 109 Å². The smallest absolute Gasteiger partial charge is 0.417 e. The van der Waals surface area contributed by atoms with Crippen molar-refractivity contribution in [3.8, 4) is 0 Å². The molecule has 0 saturated carbocycles. The molecule has 0 radical (unpaired) electrons. The predicted octanol–water partition coefficient (Wildman–Crippen LogP) is 5.50. The van der Waals surface area contributed by atoms with Gasteiger partial charge in [0.25, 0.3) is 5.91 Å². The number of alkyl halides is 3. The fraction of sp³-hybridized carbons (Fsp3) is 0.500. The lowest BCUT2D eigenvalue weighted by Crippen LogP contribution is -2.55. The standard InChI is InChI=1S/C30H37F4N5O4/c1-16(2)8-20-7-6-19(15-39(20)29(42)43)21-9-25(26(11-24(21)31)38-13-17(3)37(5)18(4)14-38)36-28(41)22-12-35-27(40)10-23(22)30(32,33)34/h6,9-12,16-18,20H,7-8,13-15H2,1-5H3,(H,35,40)(H,36,41)(H,42,43)/t17-,18+,20?. The van der Waals surface area contributed by atoms with Crippen LogP contribution in [0.15, 0.2) is 35.3 Å². The molecule has 1 aromatic heterocycles. The first-order valence-electron chi connectivity index (χ1n) is 14.2. The molecule has 1 aromatic carbocycles. The highest BCUT2D eigenvalue weighted by molar-refractivity contribution is 6.07. The zero-order valence-corrected chi connectivity index (χ0v) is 24.8. The first-order chi connectivity index (χ1) is 20.1. The molecule has 2 aliphatic rings.